The van der Waals surface area contributed by atoms with Gasteiger partial charge in [0, 0.05) is 6.04 Å². The number of esters is 1. The predicted octanol–water partition coefficient (Wildman–Crippen LogP) is 2.50. The van der Waals surface area contributed by atoms with Crippen molar-refractivity contribution in [3.05, 3.63) is 0 Å². The van der Waals surface area contributed by atoms with Crippen LogP contribution in [0.3, 0.4) is 0 Å². The van der Waals surface area contributed by atoms with Gasteiger partial charge < -0.3 is 10.1 Å². The molecule has 15 heavy (non-hydrogen) atoms. The first-order valence-electron chi connectivity index (χ1n) is 5.99. The van der Waals surface area contributed by atoms with E-state index in [1.807, 2.05) is 0 Å². The van der Waals surface area contributed by atoms with Crippen LogP contribution in [-0.4, -0.2) is 25.2 Å². The largest absolute Gasteiger partial charge is 0.468 e. The molecule has 0 aliphatic carbocycles. The van der Waals surface area contributed by atoms with Gasteiger partial charge >= 0.3 is 5.97 Å². The topological polar surface area (TPSA) is 38.3 Å². The van der Waals surface area contributed by atoms with Gasteiger partial charge in [0.15, 0.2) is 0 Å². The molecule has 0 fully saturated rings. The minimum Gasteiger partial charge on any atom is -0.468 e. The molecule has 2 unspecified atom stereocenters. The lowest BCUT2D eigenvalue weighted by Gasteiger charge is -2.20. The van der Waals surface area contributed by atoms with E-state index in [4.69, 9.17) is 4.74 Å². The summed E-state index contributed by atoms with van der Waals surface area (Å²) in [5.41, 5.74) is 0. The molecule has 0 aromatic heterocycles. The molecule has 0 amide bonds. The zero-order valence-electron chi connectivity index (χ0n) is 10.5. The maximum absolute atomic E-state index is 11.5. The van der Waals surface area contributed by atoms with E-state index in [1.165, 1.54) is 7.11 Å². The summed E-state index contributed by atoms with van der Waals surface area (Å²) in [4.78, 5) is 11.5. The van der Waals surface area contributed by atoms with Crippen molar-refractivity contribution in [2.45, 2.75) is 65.0 Å². The van der Waals surface area contributed by atoms with Crippen molar-refractivity contribution in [3.63, 3.8) is 0 Å². The molecule has 3 heteroatoms. The summed E-state index contributed by atoms with van der Waals surface area (Å²) >= 11 is 0. The number of ether oxygens (including phenoxy) is 1. The number of carbonyl (C=O) groups is 1. The summed E-state index contributed by atoms with van der Waals surface area (Å²) in [6.45, 7) is 6.40. The number of carbonyl (C=O) groups excluding carboxylic acids is 1. The maximum Gasteiger partial charge on any atom is 0.322 e. The average molecular weight is 215 g/mol. The van der Waals surface area contributed by atoms with Gasteiger partial charge in [0.2, 0.25) is 0 Å². The van der Waals surface area contributed by atoms with Gasteiger partial charge in [-0.1, -0.05) is 33.1 Å². The summed E-state index contributed by atoms with van der Waals surface area (Å²) in [5.74, 6) is -0.133. The van der Waals surface area contributed by atoms with Crippen molar-refractivity contribution in [2.24, 2.45) is 0 Å². The highest BCUT2D eigenvalue weighted by Crippen LogP contribution is 2.05. The number of nitrogens with one attached hydrogen (secondary N) is 1. The minimum absolute atomic E-state index is 0.128. The Balaban J connectivity index is 4.05. The Hall–Kier alpha value is -0.570. The summed E-state index contributed by atoms with van der Waals surface area (Å²) < 4.78 is 4.79. The van der Waals surface area contributed by atoms with E-state index in [-0.39, 0.29) is 12.0 Å². The van der Waals surface area contributed by atoms with E-state index in [2.05, 4.69) is 26.1 Å². The van der Waals surface area contributed by atoms with E-state index < -0.39 is 0 Å². The van der Waals surface area contributed by atoms with Crippen molar-refractivity contribution in [2.75, 3.05) is 7.11 Å². The van der Waals surface area contributed by atoms with E-state index in [0.29, 0.717) is 6.04 Å². The molecule has 90 valence electrons. The first-order chi connectivity index (χ1) is 7.15. The first-order valence-corrected chi connectivity index (χ1v) is 5.99. The standard InChI is InChI=1S/C12H25NO2/c1-5-7-9-11(12(14)15-4)13-10(3)8-6-2/h10-11,13H,5-9H2,1-4H3. The summed E-state index contributed by atoms with van der Waals surface area (Å²) in [6.07, 6.45) is 5.27. The van der Waals surface area contributed by atoms with Gasteiger partial charge in [-0.25, -0.2) is 0 Å². The summed E-state index contributed by atoms with van der Waals surface area (Å²) in [7, 11) is 1.45. The Morgan fingerprint density at radius 2 is 1.93 bits per heavy atom. The van der Waals surface area contributed by atoms with Crippen molar-refractivity contribution in [1.29, 1.82) is 0 Å². The molecule has 3 nitrogen and oxygen atoms in total. The van der Waals surface area contributed by atoms with Gasteiger partial charge in [-0.15, -0.1) is 0 Å². The Kier molecular flexibility index (Phi) is 8.38. The van der Waals surface area contributed by atoms with Crippen LogP contribution in [0.5, 0.6) is 0 Å². The number of unbranched alkanes of at least 4 members (excludes halogenated alkanes) is 1. The third kappa shape index (κ3) is 6.50. The van der Waals surface area contributed by atoms with Crippen LogP contribution in [0.4, 0.5) is 0 Å². The molecule has 0 spiro atoms. The summed E-state index contributed by atoms with van der Waals surface area (Å²) in [5, 5.41) is 3.33. The molecule has 0 bridgehead atoms. The van der Waals surface area contributed by atoms with Gasteiger partial charge in [-0.3, -0.25) is 4.79 Å². The number of hydrogen-bond acceptors (Lipinski definition) is 3. The van der Waals surface area contributed by atoms with Crippen LogP contribution in [0.25, 0.3) is 0 Å². The molecule has 0 radical (unpaired) electrons. The van der Waals surface area contributed by atoms with Gasteiger partial charge in [0.1, 0.15) is 6.04 Å². The fraction of sp³-hybridized carbons (Fsp3) is 0.917. The van der Waals surface area contributed by atoms with E-state index in [1.54, 1.807) is 0 Å². The second-order valence-electron chi connectivity index (χ2n) is 4.07. The normalized spacial score (nSPS) is 14.7. The molecule has 2 atom stereocenters. The first kappa shape index (κ1) is 14.4. The fourth-order valence-electron chi connectivity index (χ4n) is 1.68. The molecule has 0 aliphatic rings. The van der Waals surface area contributed by atoms with Crippen molar-refractivity contribution < 1.29 is 9.53 Å². The highest BCUT2D eigenvalue weighted by Gasteiger charge is 2.19. The lowest BCUT2D eigenvalue weighted by Crippen LogP contribution is -2.42. The molecule has 0 saturated heterocycles. The van der Waals surface area contributed by atoms with Crippen molar-refractivity contribution in [1.82, 2.24) is 5.32 Å². The molecule has 0 heterocycles. The highest BCUT2D eigenvalue weighted by atomic mass is 16.5. The van der Waals surface area contributed by atoms with E-state index in [0.717, 1.165) is 32.1 Å². The molecule has 0 saturated carbocycles. The zero-order valence-corrected chi connectivity index (χ0v) is 10.5. The lowest BCUT2D eigenvalue weighted by atomic mass is 10.1. The predicted molar refractivity (Wildman–Crippen MR) is 62.8 cm³/mol. The van der Waals surface area contributed by atoms with Gasteiger partial charge in [0.05, 0.1) is 7.11 Å². The number of hydrogen-bond donors (Lipinski definition) is 1. The lowest BCUT2D eigenvalue weighted by molar-refractivity contribution is -0.143. The quantitative estimate of drug-likeness (QED) is 0.632. The van der Waals surface area contributed by atoms with E-state index >= 15 is 0 Å². The van der Waals surface area contributed by atoms with Crippen LogP contribution in [-0.2, 0) is 9.53 Å². The van der Waals surface area contributed by atoms with Crippen LogP contribution in [0.15, 0.2) is 0 Å². The van der Waals surface area contributed by atoms with Crippen molar-refractivity contribution >= 4 is 5.97 Å². The molecule has 0 aromatic rings. The Labute approximate surface area is 93.6 Å². The van der Waals surface area contributed by atoms with Crippen molar-refractivity contribution in [3.8, 4) is 0 Å². The Morgan fingerprint density at radius 1 is 1.27 bits per heavy atom. The monoisotopic (exact) mass is 215 g/mol. The van der Waals surface area contributed by atoms with Crippen LogP contribution in [0.1, 0.15) is 52.9 Å². The molecular weight excluding hydrogens is 190 g/mol. The second kappa shape index (κ2) is 8.72. The third-order valence-electron chi connectivity index (χ3n) is 2.54. The Bertz CT molecular complexity index is 171. The van der Waals surface area contributed by atoms with Gasteiger partial charge in [-0.05, 0) is 19.8 Å². The van der Waals surface area contributed by atoms with Gasteiger partial charge in [-0.2, -0.15) is 0 Å². The molecule has 0 aromatic carbocycles. The minimum atomic E-state index is -0.133. The highest BCUT2D eigenvalue weighted by molar-refractivity contribution is 5.75. The smallest absolute Gasteiger partial charge is 0.322 e. The van der Waals surface area contributed by atoms with Gasteiger partial charge in [0.25, 0.3) is 0 Å². The molecule has 0 aliphatic heterocycles. The average Bonchev–Trinajstić information content (AvgIpc) is 2.23. The Morgan fingerprint density at radius 3 is 2.40 bits per heavy atom. The SMILES string of the molecule is CCCCC(NC(C)CCC)C(=O)OC. The van der Waals surface area contributed by atoms with E-state index in [9.17, 15) is 4.79 Å². The second-order valence-corrected chi connectivity index (χ2v) is 4.07. The fourth-order valence-corrected chi connectivity index (χ4v) is 1.68. The number of methoxy groups -OCH3 is 1. The van der Waals surface area contributed by atoms with Crippen LogP contribution < -0.4 is 5.32 Å². The van der Waals surface area contributed by atoms with Crippen LogP contribution in [0, 0.1) is 0 Å². The van der Waals surface area contributed by atoms with Crippen LogP contribution >= 0.6 is 0 Å². The molecule has 0 rings (SSSR count). The van der Waals surface area contributed by atoms with Crippen LogP contribution in [0.2, 0.25) is 0 Å². The maximum atomic E-state index is 11.5. The molecular formula is C12H25NO2. The summed E-state index contributed by atoms with van der Waals surface area (Å²) in [6, 6.07) is 0.257. The molecule has 1 N–H and O–H groups in total. The third-order valence-corrected chi connectivity index (χ3v) is 2.54. The zero-order chi connectivity index (χ0) is 11.7. The number of rotatable bonds is 8.